The number of nitrogens with one attached hydrogen (secondary N) is 1. The number of fused-ring (bicyclic) bond motifs is 1. The number of para-hydroxylation sites is 2. The lowest BCUT2D eigenvalue weighted by molar-refractivity contribution is -0.119. The summed E-state index contributed by atoms with van der Waals surface area (Å²) in [7, 11) is -3.56. The molecule has 1 fully saturated rings. The first-order valence-electron chi connectivity index (χ1n) is 9.51. The second-order valence-electron chi connectivity index (χ2n) is 6.91. The number of carbonyl (C=O) groups is 2. The lowest BCUT2D eigenvalue weighted by atomic mass is 10.1. The Morgan fingerprint density at radius 2 is 1.73 bits per heavy atom. The lowest BCUT2D eigenvalue weighted by Gasteiger charge is -2.28. The van der Waals surface area contributed by atoms with Crippen molar-refractivity contribution in [3.8, 4) is 0 Å². The highest BCUT2D eigenvalue weighted by Gasteiger charge is 2.26. The average molecular weight is 427 g/mol. The van der Waals surface area contributed by atoms with Crippen LogP contribution in [-0.2, 0) is 24.3 Å². The van der Waals surface area contributed by atoms with Crippen LogP contribution < -0.4 is 10.2 Å². The zero-order valence-corrected chi connectivity index (χ0v) is 17.0. The van der Waals surface area contributed by atoms with Crippen LogP contribution in [0.5, 0.6) is 0 Å². The fourth-order valence-electron chi connectivity index (χ4n) is 3.37. The van der Waals surface area contributed by atoms with E-state index in [1.807, 2.05) is 0 Å². The maximum atomic E-state index is 12.7. The zero-order valence-electron chi connectivity index (χ0n) is 16.2. The SMILES string of the molecule is O=C1CN(C(=O)C=Cc2ccc(S(=O)(=O)N3CCOCC3)cc2)c2ccccc2N1. The highest BCUT2D eigenvalue weighted by molar-refractivity contribution is 7.89. The van der Waals surface area contributed by atoms with Crippen molar-refractivity contribution >= 4 is 39.3 Å². The maximum Gasteiger partial charge on any atom is 0.251 e. The van der Waals surface area contributed by atoms with Crippen LogP contribution in [0.4, 0.5) is 11.4 Å². The van der Waals surface area contributed by atoms with Crippen LogP contribution >= 0.6 is 0 Å². The van der Waals surface area contributed by atoms with Crippen molar-refractivity contribution in [3.05, 3.63) is 60.2 Å². The van der Waals surface area contributed by atoms with Gasteiger partial charge >= 0.3 is 0 Å². The van der Waals surface area contributed by atoms with E-state index in [0.717, 1.165) is 0 Å². The number of amides is 2. The van der Waals surface area contributed by atoms with Gasteiger partial charge in [0.2, 0.25) is 15.9 Å². The second kappa shape index (κ2) is 8.39. The van der Waals surface area contributed by atoms with Crippen molar-refractivity contribution in [1.82, 2.24) is 4.31 Å². The normalized spacial score (nSPS) is 17.6. The van der Waals surface area contributed by atoms with Crippen molar-refractivity contribution in [3.63, 3.8) is 0 Å². The van der Waals surface area contributed by atoms with Crippen molar-refractivity contribution in [1.29, 1.82) is 0 Å². The summed E-state index contributed by atoms with van der Waals surface area (Å²) < 4.78 is 32.0. The Balaban J connectivity index is 1.48. The fourth-order valence-corrected chi connectivity index (χ4v) is 4.78. The van der Waals surface area contributed by atoms with Gasteiger partial charge < -0.3 is 10.1 Å². The molecule has 30 heavy (non-hydrogen) atoms. The first-order valence-corrected chi connectivity index (χ1v) is 11.0. The van der Waals surface area contributed by atoms with Gasteiger partial charge in [-0.25, -0.2) is 8.42 Å². The summed E-state index contributed by atoms with van der Waals surface area (Å²) in [5, 5.41) is 2.74. The summed E-state index contributed by atoms with van der Waals surface area (Å²) in [5.74, 6) is -0.588. The highest BCUT2D eigenvalue weighted by atomic mass is 32.2. The van der Waals surface area contributed by atoms with Gasteiger partial charge in [-0.15, -0.1) is 0 Å². The number of nitrogens with zero attached hydrogens (tertiary/aromatic N) is 2. The molecule has 1 N–H and O–H groups in total. The van der Waals surface area contributed by atoms with E-state index < -0.39 is 10.0 Å². The molecule has 0 aliphatic carbocycles. The van der Waals surface area contributed by atoms with Gasteiger partial charge in [-0.05, 0) is 35.9 Å². The number of sulfonamides is 1. The highest BCUT2D eigenvalue weighted by Crippen LogP contribution is 2.29. The molecule has 4 rings (SSSR count). The molecule has 2 aromatic carbocycles. The average Bonchev–Trinajstić information content (AvgIpc) is 2.77. The Morgan fingerprint density at radius 1 is 1.03 bits per heavy atom. The molecular formula is C21H21N3O5S. The Labute approximate surface area is 174 Å². The number of carbonyl (C=O) groups excluding carboxylic acids is 2. The molecule has 2 amide bonds. The Hall–Kier alpha value is -3.01. The van der Waals surface area contributed by atoms with Gasteiger partial charge in [0.25, 0.3) is 5.91 Å². The molecule has 0 atom stereocenters. The zero-order chi connectivity index (χ0) is 21.1. The molecule has 8 nitrogen and oxygen atoms in total. The van der Waals surface area contributed by atoms with Gasteiger partial charge in [0.05, 0.1) is 29.5 Å². The summed E-state index contributed by atoms with van der Waals surface area (Å²) in [6, 6.07) is 13.4. The van der Waals surface area contributed by atoms with E-state index in [2.05, 4.69) is 5.32 Å². The Morgan fingerprint density at radius 3 is 2.47 bits per heavy atom. The second-order valence-corrected chi connectivity index (χ2v) is 8.85. The Bertz CT molecular complexity index is 1090. The van der Waals surface area contributed by atoms with Crippen LogP contribution in [-0.4, -0.2) is 57.4 Å². The molecule has 0 radical (unpaired) electrons. The summed E-state index contributed by atoms with van der Waals surface area (Å²) in [6.45, 7) is 1.39. The van der Waals surface area contributed by atoms with E-state index in [4.69, 9.17) is 4.74 Å². The molecule has 0 unspecified atom stereocenters. The van der Waals surface area contributed by atoms with Crippen molar-refractivity contribution < 1.29 is 22.7 Å². The summed E-state index contributed by atoms with van der Waals surface area (Å²) in [6.07, 6.45) is 2.98. The van der Waals surface area contributed by atoms with Crippen LogP contribution in [0.2, 0.25) is 0 Å². The van der Waals surface area contributed by atoms with Crippen LogP contribution in [0, 0.1) is 0 Å². The number of anilines is 2. The predicted molar refractivity (Wildman–Crippen MR) is 112 cm³/mol. The smallest absolute Gasteiger partial charge is 0.251 e. The predicted octanol–water partition coefficient (Wildman–Crippen LogP) is 1.71. The van der Waals surface area contributed by atoms with Gasteiger partial charge in [-0.3, -0.25) is 14.5 Å². The largest absolute Gasteiger partial charge is 0.379 e. The summed E-state index contributed by atoms with van der Waals surface area (Å²) >= 11 is 0. The van der Waals surface area contributed by atoms with Gasteiger partial charge in [0.15, 0.2) is 0 Å². The van der Waals surface area contributed by atoms with Gasteiger partial charge in [0.1, 0.15) is 6.54 Å². The molecule has 2 heterocycles. The molecular weight excluding hydrogens is 406 g/mol. The third-order valence-corrected chi connectivity index (χ3v) is 6.86. The minimum atomic E-state index is -3.56. The molecule has 156 valence electrons. The van der Waals surface area contributed by atoms with E-state index in [-0.39, 0.29) is 23.3 Å². The molecule has 0 aromatic heterocycles. The van der Waals surface area contributed by atoms with E-state index in [0.29, 0.717) is 43.2 Å². The molecule has 0 bridgehead atoms. The van der Waals surface area contributed by atoms with Crippen LogP contribution in [0.1, 0.15) is 5.56 Å². The number of rotatable bonds is 4. The van der Waals surface area contributed by atoms with E-state index in [1.54, 1.807) is 42.5 Å². The summed E-state index contributed by atoms with van der Waals surface area (Å²) in [4.78, 5) is 26.1. The van der Waals surface area contributed by atoms with Gasteiger partial charge in [-0.2, -0.15) is 4.31 Å². The molecule has 2 aliphatic heterocycles. The van der Waals surface area contributed by atoms with Crippen molar-refractivity contribution in [2.75, 3.05) is 43.1 Å². The number of ether oxygens (including phenoxy) is 1. The molecule has 0 spiro atoms. The van der Waals surface area contributed by atoms with E-state index in [9.17, 15) is 18.0 Å². The fraction of sp³-hybridized carbons (Fsp3) is 0.238. The maximum absolute atomic E-state index is 12.7. The molecule has 2 aromatic rings. The quantitative estimate of drug-likeness (QED) is 0.750. The number of hydrogen-bond donors (Lipinski definition) is 1. The number of benzene rings is 2. The van der Waals surface area contributed by atoms with Gasteiger partial charge in [-0.1, -0.05) is 24.3 Å². The summed E-state index contributed by atoms with van der Waals surface area (Å²) in [5.41, 5.74) is 1.91. The minimum Gasteiger partial charge on any atom is -0.379 e. The van der Waals surface area contributed by atoms with E-state index >= 15 is 0 Å². The van der Waals surface area contributed by atoms with Gasteiger partial charge in [0, 0.05) is 19.2 Å². The number of morpholine rings is 1. The van der Waals surface area contributed by atoms with E-state index in [1.165, 1.54) is 27.4 Å². The van der Waals surface area contributed by atoms with Crippen molar-refractivity contribution in [2.45, 2.75) is 4.90 Å². The first kappa shape index (κ1) is 20.3. The molecule has 9 heteroatoms. The van der Waals surface area contributed by atoms with Crippen LogP contribution in [0.15, 0.2) is 59.5 Å². The topological polar surface area (TPSA) is 96.0 Å². The third-order valence-electron chi connectivity index (χ3n) is 4.94. The van der Waals surface area contributed by atoms with Crippen LogP contribution in [0.25, 0.3) is 6.08 Å². The first-order chi connectivity index (χ1) is 14.4. The third kappa shape index (κ3) is 4.13. The van der Waals surface area contributed by atoms with Crippen LogP contribution in [0.3, 0.4) is 0 Å². The molecule has 2 aliphatic rings. The lowest BCUT2D eigenvalue weighted by Crippen LogP contribution is -2.41. The standard InChI is InChI=1S/C21H21N3O5S/c25-20-15-24(19-4-2-1-3-18(19)22-20)21(26)10-7-16-5-8-17(9-6-16)30(27,28)23-11-13-29-14-12-23/h1-10H,11-15H2,(H,22,25). The molecule has 0 saturated carbocycles. The Kier molecular flexibility index (Phi) is 5.67. The monoisotopic (exact) mass is 427 g/mol. The minimum absolute atomic E-state index is 0.0586. The molecule has 1 saturated heterocycles. The number of hydrogen-bond acceptors (Lipinski definition) is 5. The van der Waals surface area contributed by atoms with Crippen molar-refractivity contribution in [2.24, 2.45) is 0 Å².